The van der Waals surface area contributed by atoms with Crippen LogP contribution >= 0.6 is 11.8 Å². The van der Waals surface area contributed by atoms with E-state index in [4.69, 9.17) is 9.47 Å². The van der Waals surface area contributed by atoms with Crippen LogP contribution in [0.1, 0.15) is 30.7 Å². The molecule has 2 fully saturated rings. The van der Waals surface area contributed by atoms with E-state index in [2.05, 4.69) is 64.6 Å². The summed E-state index contributed by atoms with van der Waals surface area (Å²) in [6.07, 6.45) is 15.3. The summed E-state index contributed by atoms with van der Waals surface area (Å²) in [7, 11) is 0. The predicted molar refractivity (Wildman–Crippen MR) is 132 cm³/mol. The van der Waals surface area contributed by atoms with E-state index in [0.29, 0.717) is 17.9 Å². The van der Waals surface area contributed by atoms with Crippen molar-refractivity contribution in [2.24, 2.45) is 5.92 Å². The first-order valence-corrected chi connectivity index (χ1v) is 13.4. The highest BCUT2D eigenvalue weighted by Gasteiger charge is 2.36. The minimum atomic E-state index is 0.432. The molecule has 0 radical (unpaired) electrons. The van der Waals surface area contributed by atoms with Gasteiger partial charge in [0.25, 0.3) is 0 Å². The van der Waals surface area contributed by atoms with E-state index in [9.17, 15) is 0 Å². The highest BCUT2D eigenvalue weighted by atomic mass is 32.2. The molecule has 5 rings (SSSR count). The first-order valence-electron chi connectivity index (χ1n) is 12.2. The number of benzene rings is 1. The lowest BCUT2D eigenvalue weighted by Gasteiger charge is -2.29. The molecule has 3 heterocycles. The number of hydrogen-bond acceptors (Lipinski definition) is 5. The molecule has 5 heteroatoms. The largest absolute Gasteiger partial charge is 0.494 e. The standard InChI is InChI=1S/C27H36N2O2S/c1-32-25-9-6-21(7-10-25)26-20-29-12-2-4-27(29)23-18-22(26)5-8-24(19-23)31-15-3-11-28-13-16-30-17-14-28/h5-10,18-19,23,26-27H,2-4,11-17,20H2,1H3/t23?,26?,27-/m0/s1. The van der Waals surface area contributed by atoms with Gasteiger partial charge in [0, 0.05) is 49.0 Å². The number of allylic oxidation sites excluding steroid dienone is 2. The highest BCUT2D eigenvalue weighted by Crippen LogP contribution is 2.39. The Morgan fingerprint density at radius 3 is 2.72 bits per heavy atom. The number of morpholine rings is 1. The van der Waals surface area contributed by atoms with E-state index in [1.165, 1.54) is 35.4 Å². The summed E-state index contributed by atoms with van der Waals surface area (Å²) in [4.78, 5) is 6.54. The minimum absolute atomic E-state index is 0.432. The van der Waals surface area contributed by atoms with E-state index < -0.39 is 0 Å². The Labute approximate surface area is 197 Å². The molecule has 0 spiro atoms. The first-order chi connectivity index (χ1) is 15.8. The van der Waals surface area contributed by atoms with Crippen LogP contribution in [0, 0.1) is 5.92 Å². The summed E-state index contributed by atoms with van der Waals surface area (Å²) in [6, 6.07) is 9.81. The monoisotopic (exact) mass is 452 g/mol. The van der Waals surface area contributed by atoms with Crippen molar-refractivity contribution < 1.29 is 9.47 Å². The second-order valence-electron chi connectivity index (χ2n) is 9.33. The number of nitrogens with zero attached hydrogens (tertiary/aromatic N) is 2. The van der Waals surface area contributed by atoms with E-state index in [-0.39, 0.29) is 0 Å². The fourth-order valence-corrected chi connectivity index (χ4v) is 6.00. The molecule has 0 saturated carbocycles. The summed E-state index contributed by atoms with van der Waals surface area (Å²) in [5.74, 6) is 1.92. The van der Waals surface area contributed by atoms with Crippen molar-refractivity contribution in [2.45, 2.75) is 36.1 Å². The quantitative estimate of drug-likeness (QED) is 0.441. The summed E-state index contributed by atoms with van der Waals surface area (Å²) in [6.45, 7) is 8.05. The molecule has 1 aromatic carbocycles. The summed E-state index contributed by atoms with van der Waals surface area (Å²) >= 11 is 1.81. The molecule has 3 aliphatic heterocycles. The molecule has 0 amide bonds. The maximum atomic E-state index is 6.28. The van der Waals surface area contributed by atoms with E-state index in [0.717, 1.165) is 58.2 Å². The van der Waals surface area contributed by atoms with Gasteiger partial charge in [0.1, 0.15) is 5.76 Å². The van der Waals surface area contributed by atoms with E-state index >= 15 is 0 Å². The number of thioether (sulfide) groups is 1. The molecule has 1 aliphatic carbocycles. The second-order valence-corrected chi connectivity index (χ2v) is 10.2. The Kier molecular flexibility index (Phi) is 7.38. The Morgan fingerprint density at radius 1 is 1.06 bits per heavy atom. The molecule has 3 atom stereocenters. The lowest BCUT2D eigenvalue weighted by atomic mass is 9.89. The van der Waals surface area contributed by atoms with Gasteiger partial charge in [0.2, 0.25) is 0 Å². The molecule has 0 N–H and O–H groups in total. The molecule has 2 bridgehead atoms. The predicted octanol–water partition coefficient (Wildman–Crippen LogP) is 4.71. The third kappa shape index (κ3) is 5.17. The second kappa shape index (κ2) is 10.6. The van der Waals surface area contributed by atoms with Crippen LogP contribution in [0.3, 0.4) is 0 Å². The fourth-order valence-electron chi connectivity index (χ4n) is 5.59. The van der Waals surface area contributed by atoms with Crippen molar-refractivity contribution in [1.82, 2.24) is 9.80 Å². The topological polar surface area (TPSA) is 24.9 Å². The van der Waals surface area contributed by atoms with Crippen LogP contribution in [0.25, 0.3) is 0 Å². The van der Waals surface area contributed by atoms with Gasteiger partial charge >= 0.3 is 0 Å². The molecule has 32 heavy (non-hydrogen) atoms. The molecule has 2 saturated heterocycles. The number of rotatable bonds is 7. The molecule has 1 aromatic rings. The SMILES string of the molecule is CSc1ccc(C2CN3CCC[C@H]3C3C=C(OCCCN4CCOCC4)C=CC2=C3)cc1. The van der Waals surface area contributed by atoms with Crippen molar-refractivity contribution in [3.05, 3.63) is 65.5 Å². The van der Waals surface area contributed by atoms with Gasteiger partial charge < -0.3 is 9.47 Å². The molecular formula is C27H36N2O2S. The zero-order chi connectivity index (χ0) is 21.8. The third-order valence-electron chi connectivity index (χ3n) is 7.37. The number of ether oxygens (including phenoxy) is 2. The number of fused-ring (bicyclic) bond motifs is 3. The van der Waals surface area contributed by atoms with Crippen molar-refractivity contribution >= 4 is 11.8 Å². The normalized spacial score (nSPS) is 28.5. The van der Waals surface area contributed by atoms with Crippen LogP contribution in [0.2, 0.25) is 0 Å². The first kappa shape index (κ1) is 22.3. The van der Waals surface area contributed by atoms with Gasteiger partial charge in [-0.3, -0.25) is 9.80 Å². The highest BCUT2D eigenvalue weighted by molar-refractivity contribution is 7.98. The van der Waals surface area contributed by atoms with Crippen LogP contribution < -0.4 is 0 Å². The summed E-state index contributed by atoms with van der Waals surface area (Å²) in [5, 5.41) is 0. The maximum Gasteiger partial charge on any atom is 0.115 e. The van der Waals surface area contributed by atoms with Crippen molar-refractivity contribution in [1.29, 1.82) is 0 Å². The molecule has 2 unspecified atom stereocenters. The Morgan fingerprint density at radius 2 is 1.91 bits per heavy atom. The zero-order valence-corrected chi connectivity index (χ0v) is 20.1. The van der Waals surface area contributed by atoms with Gasteiger partial charge in [-0.05, 0) is 67.5 Å². The van der Waals surface area contributed by atoms with Crippen molar-refractivity contribution in [3.63, 3.8) is 0 Å². The van der Waals surface area contributed by atoms with Crippen LogP contribution in [-0.4, -0.2) is 74.6 Å². The van der Waals surface area contributed by atoms with Crippen LogP contribution in [0.15, 0.2) is 64.8 Å². The van der Waals surface area contributed by atoms with Gasteiger partial charge in [0.15, 0.2) is 0 Å². The van der Waals surface area contributed by atoms with Crippen molar-refractivity contribution in [3.8, 4) is 0 Å². The minimum Gasteiger partial charge on any atom is -0.494 e. The Balaban J connectivity index is 1.28. The van der Waals surface area contributed by atoms with Crippen molar-refractivity contribution in [2.75, 3.05) is 58.8 Å². The van der Waals surface area contributed by atoms with Gasteiger partial charge in [-0.1, -0.05) is 24.3 Å². The zero-order valence-electron chi connectivity index (χ0n) is 19.2. The van der Waals surface area contributed by atoms with E-state index in [1.54, 1.807) is 0 Å². The van der Waals surface area contributed by atoms with Gasteiger partial charge in [-0.2, -0.15) is 0 Å². The van der Waals surface area contributed by atoms with Gasteiger partial charge in [0.05, 0.1) is 19.8 Å². The molecular weight excluding hydrogens is 416 g/mol. The lowest BCUT2D eigenvalue weighted by Crippen LogP contribution is -2.37. The van der Waals surface area contributed by atoms with Gasteiger partial charge in [-0.25, -0.2) is 0 Å². The van der Waals surface area contributed by atoms with Crippen LogP contribution in [0.5, 0.6) is 0 Å². The molecule has 172 valence electrons. The molecule has 0 aromatic heterocycles. The van der Waals surface area contributed by atoms with Crippen LogP contribution in [-0.2, 0) is 9.47 Å². The number of hydrogen-bond donors (Lipinski definition) is 0. The molecule has 4 nitrogen and oxygen atoms in total. The maximum absolute atomic E-state index is 6.28. The average Bonchev–Trinajstić information content (AvgIpc) is 3.14. The Hall–Kier alpha value is -1.53. The smallest absolute Gasteiger partial charge is 0.115 e. The lowest BCUT2D eigenvalue weighted by molar-refractivity contribution is 0.0345. The third-order valence-corrected chi connectivity index (χ3v) is 8.11. The summed E-state index contributed by atoms with van der Waals surface area (Å²) in [5.41, 5.74) is 2.88. The van der Waals surface area contributed by atoms with Gasteiger partial charge in [-0.15, -0.1) is 11.8 Å². The van der Waals surface area contributed by atoms with E-state index in [1.807, 2.05) is 11.8 Å². The Bertz CT molecular complexity index is 857. The summed E-state index contributed by atoms with van der Waals surface area (Å²) < 4.78 is 11.7. The molecule has 4 aliphatic rings. The fraction of sp³-hybridized carbons (Fsp3) is 0.556. The average molecular weight is 453 g/mol. The van der Waals surface area contributed by atoms with Crippen LogP contribution in [0.4, 0.5) is 0 Å².